The molecule has 0 fully saturated rings. The normalized spacial score (nSPS) is 12.3. The number of carbonyl (C=O) groups is 1. The van der Waals surface area contributed by atoms with Gasteiger partial charge in [0.1, 0.15) is 11.7 Å². The van der Waals surface area contributed by atoms with Crippen LogP contribution in [0.15, 0.2) is 55.2 Å². The first-order chi connectivity index (χ1) is 12.5. The molecule has 1 amide bonds. The van der Waals surface area contributed by atoms with Gasteiger partial charge in [-0.2, -0.15) is 5.10 Å². The Bertz CT molecular complexity index is 930. The monoisotopic (exact) mass is 349 g/mol. The van der Waals surface area contributed by atoms with Crippen molar-refractivity contribution in [3.63, 3.8) is 0 Å². The first-order valence-corrected chi connectivity index (χ1v) is 8.58. The second-order valence-electron chi connectivity index (χ2n) is 6.61. The first kappa shape index (κ1) is 17.7. The van der Waals surface area contributed by atoms with E-state index < -0.39 is 11.9 Å². The van der Waals surface area contributed by atoms with Crippen LogP contribution in [0.4, 0.5) is 0 Å². The number of rotatable bonds is 7. The van der Waals surface area contributed by atoms with Gasteiger partial charge < -0.3 is 11.1 Å². The molecular weight excluding hydrogens is 326 g/mol. The number of amides is 1. The summed E-state index contributed by atoms with van der Waals surface area (Å²) in [5.41, 5.74) is 8.64. The standard InChI is InChI=1S/C20H23N5O/c1-13(2)17(19(21)26)23-14(3)18-16-10-7-11-22-20(16)25(24-18)12-15-8-5-4-6-9-15/h4-11,13,17,23H,3,12H2,1-2H3,(H2,21,26)/t17-/m0/s1. The van der Waals surface area contributed by atoms with E-state index in [2.05, 4.69) is 16.9 Å². The maximum Gasteiger partial charge on any atom is 0.240 e. The van der Waals surface area contributed by atoms with Gasteiger partial charge in [-0.15, -0.1) is 0 Å². The van der Waals surface area contributed by atoms with Crippen LogP contribution in [-0.2, 0) is 11.3 Å². The number of nitrogens with one attached hydrogen (secondary N) is 1. The highest BCUT2D eigenvalue weighted by molar-refractivity contribution is 5.89. The molecule has 0 saturated heterocycles. The molecule has 0 bridgehead atoms. The van der Waals surface area contributed by atoms with Gasteiger partial charge in [-0.25, -0.2) is 9.67 Å². The molecule has 134 valence electrons. The lowest BCUT2D eigenvalue weighted by Gasteiger charge is -2.20. The van der Waals surface area contributed by atoms with Gasteiger partial charge in [-0.05, 0) is 23.6 Å². The number of hydrogen-bond acceptors (Lipinski definition) is 4. The second-order valence-corrected chi connectivity index (χ2v) is 6.61. The number of fused-ring (bicyclic) bond motifs is 1. The third-order valence-corrected chi connectivity index (χ3v) is 4.27. The molecule has 0 spiro atoms. The predicted octanol–water partition coefficient (Wildman–Crippen LogP) is 2.55. The zero-order valence-corrected chi connectivity index (χ0v) is 15.0. The van der Waals surface area contributed by atoms with E-state index in [9.17, 15) is 4.79 Å². The number of nitrogens with zero attached hydrogens (tertiary/aromatic N) is 3. The lowest BCUT2D eigenvalue weighted by atomic mass is 10.0. The summed E-state index contributed by atoms with van der Waals surface area (Å²) >= 11 is 0. The molecule has 3 aromatic rings. The van der Waals surface area contributed by atoms with Crippen molar-refractivity contribution in [2.45, 2.75) is 26.4 Å². The number of pyridine rings is 1. The Labute approximate surface area is 152 Å². The molecule has 3 rings (SSSR count). The van der Waals surface area contributed by atoms with Crippen LogP contribution >= 0.6 is 0 Å². The third kappa shape index (κ3) is 3.59. The van der Waals surface area contributed by atoms with E-state index in [0.717, 1.165) is 16.6 Å². The average Bonchev–Trinajstić information content (AvgIpc) is 2.99. The minimum atomic E-state index is -0.506. The predicted molar refractivity (Wildman–Crippen MR) is 103 cm³/mol. The van der Waals surface area contributed by atoms with Crippen LogP contribution < -0.4 is 11.1 Å². The van der Waals surface area contributed by atoms with Crippen molar-refractivity contribution in [3.05, 3.63) is 66.5 Å². The van der Waals surface area contributed by atoms with Crippen LogP contribution in [0.1, 0.15) is 25.1 Å². The largest absolute Gasteiger partial charge is 0.372 e. The summed E-state index contributed by atoms with van der Waals surface area (Å²) in [7, 11) is 0. The first-order valence-electron chi connectivity index (χ1n) is 8.58. The maximum atomic E-state index is 11.7. The third-order valence-electron chi connectivity index (χ3n) is 4.27. The zero-order chi connectivity index (χ0) is 18.7. The van der Waals surface area contributed by atoms with Gasteiger partial charge in [0.2, 0.25) is 5.91 Å². The number of hydrogen-bond donors (Lipinski definition) is 2. The topological polar surface area (TPSA) is 85.8 Å². The molecule has 0 unspecified atom stereocenters. The molecule has 0 radical (unpaired) electrons. The molecule has 0 aliphatic rings. The Morgan fingerprint density at radius 2 is 1.96 bits per heavy atom. The van der Waals surface area contributed by atoms with E-state index in [-0.39, 0.29) is 5.92 Å². The summed E-state index contributed by atoms with van der Waals surface area (Å²) < 4.78 is 1.85. The van der Waals surface area contributed by atoms with Crippen molar-refractivity contribution in [3.8, 4) is 0 Å². The molecule has 2 heterocycles. The average molecular weight is 349 g/mol. The number of benzene rings is 1. The second kappa shape index (κ2) is 7.39. The summed E-state index contributed by atoms with van der Waals surface area (Å²) in [5, 5.41) is 8.71. The molecule has 6 nitrogen and oxygen atoms in total. The summed E-state index contributed by atoms with van der Waals surface area (Å²) in [6.07, 6.45) is 1.74. The van der Waals surface area contributed by atoms with E-state index in [1.807, 2.05) is 61.0 Å². The van der Waals surface area contributed by atoms with Gasteiger partial charge in [0.05, 0.1) is 12.2 Å². The SMILES string of the molecule is C=C(N[C@H](C(N)=O)C(C)C)c1nn(Cc2ccccc2)c2ncccc12. The van der Waals surface area contributed by atoms with Crippen molar-refractivity contribution < 1.29 is 4.79 Å². The number of carbonyl (C=O) groups excluding carboxylic acids is 1. The lowest BCUT2D eigenvalue weighted by Crippen LogP contribution is -2.44. The lowest BCUT2D eigenvalue weighted by molar-refractivity contribution is -0.120. The van der Waals surface area contributed by atoms with E-state index in [1.54, 1.807) is 6.20 Å². The number of primary amides is 1. The van der Waals surface area contributed by atoms with Gasteiger partial charge >= 0.3 is 0 Å². The molecule has 6 heteroatoms. The van der Waals surface area contributed by atoms with Crippen LogP contribution in [0.25, 0.3) is 16.7 Å². The molecule has 0 aliphatic carbocycles. The van der Waals surface area contributed by atoms with Gasteiger partial charge in [-0.1, -0.05) is 50.8 Å². The molecule has 1 atom stereocenters. The molecular formula is C20H23N5O. The fourth-order valence-electron chi connectivity index (χ4n) is 2.92. The molecule has 26 heavy (non-hydrogen) atoms. The highest BCUT2D eigenvalue weighted by Crippen LogP contribution is 2.22. The Kier molecular flexibility index (Phi) is 5.02. The molecule has 2 aromatic heterocycles. The number of nitrogens with two attached hydrogens (primary N) is 1. The van der Waals surface area contributed by atoms with E-state index in [0.29, 0.717) is 17.9 Å². The van der Waals surface area contributed by atoms with Crippen molar-refractivity contribution >= 4 is 22.6 Å². The van der Waals surface area contributed by atoms with E-state index in [4.69, 9.17) is 10.8 Å². The maximum absolute atomic E-state index is 11.7. The van der Waals surface area contributed by atoms with Gasteiger partial charge in [-0.3, -0.25) is 4.79 Å². The summed E-state index contributed by atoms with van der Waals surface area (Å²) in [6.45, 7) is 8.55. The fourth-order valence-corrected chi connectivity index (χ4v) is 2.92. The van der Waals surface area contributed by atoms with Crippen molar-refractivity contribution in [1.82, 2.24) is 20.1 Å². The highest BCUT2D eigenvalue weighted by Gasteiger charge is 2.22. The van der Waals surface area contributed by atoms with Crippen molar-refractivity contribution in [1.29, 1.82) is 0 Å². The van der Waals surface area contributed by atoms with Crippen molar-refractivity contribution in [2.75, 3.05) is 0 Å². The quantitative estimate of drug-likeness (QED) is 0.686. The molecule has 3 N–H and O–H groups in total. The minimum Gasteiger partial charge on any atom is -0.372 e. The fraction of sp³-hybridized carbons (Fsp3) is 0.250. The smallest absolute Gasteiger partial charge is 0.240 e. The summed E-state index contributed by atoms with van der Waals surface area (Å²) in [5.74, 6) is -0.368. The highest BCUT2D eigenvalue weighted by atomic mass is 16.1. The number of aromatic nitrogens is 3. The zero-order valence-electron chi connectivity index (χ0n) is 15.0. The van der Waals surface area contributed by atoms with Crippen LogP contribution in [0, 0.1) is 5.92 Å². The van der Waals surface area contributed by atoms with Crippen LogP contribution in [-0.4, -0.2) is 26.7 Å². The van der Waals surface area contributed by atoms with Gasteiger partial charge in [0.15, 0.2) is 5.65 Å². The molecule has 1 aromatic carbocycles. The Balaban J connectivity index is 1.96. The van der Waals surface area contributed by atoms with E-state index in [1.165, 1.54) is 0 Å². The Morgan fingerprint density at radius 3 is 2.62 bits per heavy atom. The van der Waals surface area contributed by atoms with E-state index >= 15 is 0 Å². The summed E-state index contributed by atoms with van der Waals surface area (Å²) in [6, 6.07) is 13.4. The Morgan fingerprint density at radius 1 is 1.23 bits per heavy atom. The molecule has 0 aliphatic heterocycles. The van der Waals surface area contributed by atoms with Crippen LogP contribution in [0.3, 0.4) is 0 Å². The van der Waals surface area contributed by atoms with Crippen molar-refractivity contribution in [2.24, 2.45) is 11.7 Å². The van der Waals surface area contributed by atoms with Gasteiger partial charge in [0.25, 0.3) is 0 Å². The minimum absolute atomic E-state index is 0.0417. The van der Waals surface area contributed by atoms with Gasteiger partial charge in [0, 0.05) is 11.6 Å². The van der Waals surface area contributed by atoms with Crippen LogP contribution in [0.5, 0.6) is 0 Å². The van der Waals surface area contributed by atoms with Crippen LogP contribution in [0.2, 0.25) is 0 Å². The molecule has 0 saturated carbocycles. The Hall–Kier alpha value is -3.15. The summed E-state index contributed by atoms with van der Waals surface area (Å²) in [4.78, 5) is 16.2.